The molecule has 0 atom stereocenters. The summed E-state index contributed by atoms with van der Waals surface area (Å²) in [6, 6.07) is 2.01. The summed E-state index contributed by atoms with van der Waals surface area (Å²) in [5.41, 5.74) is 1.85. The van der Waals surface area contributed by atoms with Crippen LogP contribution in [0, 0.1) is 11.3 Å². The van der Waals surface area contributed by atoms with Crippen molar-refractivity contribution < 1.29 is 0 Å². The van der Waals surface area contributed by atoms with Crippen LogP contribution in [0.1, 0.15) is 13.8 Å². The predicted octanol–water partition coefficient (Wildman–Crippen LogP) is 2.14. The second-order valence-electron chi connectivity index (χ2n) is 2.40. The molecule has 0 unspecified atom stereocenters. The van der Waals surface area contributed by atoms with Crippen LogP contribution in [-0.4, -0.2) is 6.54 Å². The maximum atomic E-state index is 8.33. The third-order valence-corrected chi connectivity index (χ3v) is 1.27. The van der Waals surface area contributed by atoms with Crippen LogP contribution in [0.4, 0.5) is 0 Å². The van der Waals surface area contributed by atoms with Crippen LogP contribution in [0.2, 0.25) is 0 Å². The van der Waals surface area contributed by atoms with Crippen molar-refractivity contribution >= 4 is 0 Å². The third kappa shape index (κ3) is 4.35. The third-order valence-electron chi connectivity index (χ3n) is 1.27. The molecule has 0 saturated heterocycles. The largest absolute Gasteiger partial charge is 0.372 e. The van der Waals surface area contributed by atoms with Crippen molar-refractivity contribution in [2.75, 3.05) is 6.54 Å². The Morgan fingerprint density at radius 3 is 2.75 bits per heavy atom. The average molecular weight is 162 g/mol. The first kappa shape index (κ1) is 10.5. The smallest absolute Gasteiger partial charge is 0.103 e. The first-order valence-corrected chi connectivity index (χ1v) is 3.82. The standard InChI is InChI=1S/C10H14N2/c1-4-5-6-10(9(2)3)12-8-7-11/h4-6,12H,2,8H2,1,3H3/b5-4-,10-6+. The van der Waals surface area contributed by atoms with Crippen molar-refractivity contribution in [3.63, 3.8) is 0 Å². The lowest BCUT2D eigenvalue weighted by atomic mass is 10.2. The van der Waals surface area contributed by atoms with Crippen molar-refractivity contribution in [3.05, 3.63) is 36.1 Å². The van der Waals surface area contributed by atoms with Crippen LogP contribution in [0.3, 0.4) is 0 Å². The Morgan fingerprint density at radius 2 is 2.33 bits per heavy atom. The van der Waals surface area contributed by atoms with Crippen LogP contribution in [0.25, 0.3) is 0 Å². The van der Waals surface area contributed by atoms with Gasteiger partial charge in [-0.2, -0.15) is 5.26 Å². The van der Waals surface area contributed by atoms with E-state index in [4.69, 9.17) is 5.26 Å². The molecule has 0 aliphatic rings. The lowest BCUT2D eigenvalue weighted by Gasteiger charge is -2.05. The fourth-order valence-electron chi connectivity index (χ4n) is 0.679. The quantitative estimate of drug-likeness (QED) is 0.507. The second kappa shape index (κ2) is 6.23. The Hall–Kier alpha value is -1.49. The van der Waals surface area contributed by atoms with Crippen LogP contribution < -0.4 is 5.32 Å². The molecule has 12 heavy (non-hydrogen) atoms. The number of nitriles is 1. The van der Waals surface area contributed by atoms with E-state index >= 15 is 0 Å². The van der Waals surface area contributed by atoms with E-state index in [9.17, 15) is 0 Å². The van der Waals surface area contributed by atoms with Gasteiger partial charge < -0.3 is 5.32 Å². The summed E-state index contributed by atoms with van der Waals surface area (Å²) >= 11 is 0. The molecule has 0 spiro atoms. The highest BCUT2D eigenvalue weighted by atomic mass is 14.9. The first-order valence-electron chi connectivity index (χ1n) is 3.82. The molecule has 2 nitrogen and oxygen atoms in total. The Bertz CT molecular complexity index is 241. The average Bonchev–Trinajstić information content (AvgIpc) is 2.04. The van der Waals surface area contributed by atoms with E-state index in [1.54, 1.807) is 0 Å². The Labute approximate surface area is 73.9 Å². The molecule has 64 valence electrons. The Kier molecular flexibility index (Phi) is 5.46. The topological polar surface area (TPSA) is 35.8 Å². The number of hydrogen-bond donors (Lipinski definition) is 1. The minimum absolute atomic E-state index is 0.316. The van der Waals surface area contributed by atoms with E-state index in [1.165, 1.54) is 0 Å². The molecule has 0 aromatic carbocycles. The highest BCUT2D eigenvalue weighted by Gasteiger charge is 1.93. The van der Waals surface area contributed by atoms with Crippen molar-refractivity contribution in [3.8, 4) is 6.07 Å². The molecular formula is C10H14N2. The summed E-state index contributed by atoms with van der Waals surface area (Å²) in [4.78, 5) is 0. The molecule has 1 N–H and O–H groups in total. The summed E-state index contributed by atoms with van der Waals surface area (Å²) in [7, 11) is 0. The Morgan fingerprint density at radius 1 is 1.67 bits per heavy atom. The molecule has 2 heteroatoms. The molecule has 0 amide bonds. The monoisotopic (exact) mass is 162 g/mol. The highest BCUT2D eigenvalue weighted by molar-refractivity contribution is 5.28. The predicted molar refractivity (Wildman–Crippen MR) is 51.3 cm³/mol. The lowest BCUT2D eigenvalue weighted by Crippen LogP contribution is -2.13. The zero-order chi connectivity index (χ0) is 9.40. The summed E-state index contributed by atoms with van der Waals surface area (Å²) < 4.78 is 0. The lowest BCUT2D eigenvalue weighted by molar-refractivity contribution is 0.922. The molecule has 0 aromatic rings. The van der Waals surface area contributed by atoms with Gasteiger partial charge >= 0.3 is 0 Å². The molecular weight excluding hydrogens is 148 g/mol. The maximum Gasteiger partial charge on any atom is 0.103 e. The molecule has 0 saturated carbocycles. The Balaban J connectivity index is 4.25. The number of nitrogens with zero attached hydrogens (tertiary/aromatic N) is 1. The zero-order valence-electron chi connectivity index (χ0n) is 7.59. The number of nitrogens with one attached hydrogen (secondary N) is 1. The van der Waals surface area contributed by atoms with Crippen molar-refractivity contribution in [2.24, 2.45) is 0 Å². The van der Waals surface area contributed by atoms with Gasteiger partial charge in [-0.05, 0) is 25.5 Å². The van der Waals surface area contributed by atoms with Gasteiger partial charge in [0.2, 0.25) is 0 Å². The van der Waals surface area contributed by atoms with E-state index in [1.807, 2.05) is 38.1 Å². The summed E-state index contributed by atoms with van der Waals surface area (Å²) in [5, 5.41) is 11.3. The molecule has 0 heterocycles. The fourth-order valence-corrected chi connectivity index (χ4v) is 0.679. The van der Waals surface area contributed by atoms with Gasteiger partial charge in [0.15, 0.2) is 0 Å². The summed E-state index contributed by atoms with van der Waals surface area (Å²) in [6.45, 7) is 7.95. The summed E-state index contributed by atoms with van der Waals surface area (Å²) in [6.07, 6.45) is 5.74. The van der Waals surface area contributed by atoms with Gasteiger partial charge in [0, 0.05) is 5.70 Å². The molecule has 0 radical (unpaired) electrons. The normalized spacial score (nSPS) is 11.2. The molecule has 0 aliphatic heterocycles. The van der Waals surface area contributed by atoms with Gasteiger partial charge in [0.25, 0.3) is 0 Å². The zero-order valence-corrected chi connectivity index (χ0v) is 7.59. The maximum absolute atomic E-state index is 8.33. The summed E-state index contributed by atoms with van der Waals surface area (Å²) in [5.74, 6) is 0. The van der Waals surface area contributed by atoms with Gasteiger partial charge in [0.05, 0.1) is 6.07 Å². The van der Waals surface area contributed by atoms with Crippen molar-refractivity contribution in [1.29, 1.82) is 5.26 Å². The van der Waals surface area contributed by atoms with Gasteiger partial charge in [-0.3, -0.25) is 0 Å². The van der Waals surface area contributed by atoms with Crippen LogP contribution >= 0.6 is 0 Å². The van der Waals surface area contributed by atoms with Crippen molar-refractivity contribution in [2.45, 2.75) is 13.8 Å². The van der Waals surface area contributed by atoms with Gasteiger partial charge in [0.1, 0.15) is 6.54 Å². The van der Waals surface area contributed by atoms with E-state index in [0.717, 1.165) is 11.3 Å². The van der Waals surface area contributed by atoms with Gasteiger partial charge in [-0.25, -0.2) is 0 Å². The highest BCUT2D eigenvalue weighted by Crippen LogP contribution is 2.01. The first-order chi connectivity index (χ1) is 5.72. The molecule has 0 fully saturated rings. The van der Waals surface area contributed by atoms with E-state index in [-0.39, 0.29) is 0 Å². The van der Waals surface area contributed by atoms with Crippen molar-refractivity contribution in [1.82, 2.24) is 5.32 Å². The number of rotatable bonds is 4. The van der Waals surface area contributed by atoms with Crippen LogP contribution in [0.15, 0.2) is 36.1 Å². The van der Waals surface area contributed by atoms with E-state index in [0.29, 0.717) is 6.54 Å². The molecule has 0 aromatic heterocycles. The molecule has 0 rings (SSSR count). The SMILES string of the molecule is C=C(C)/C(=C\C=C/C)NCC#N. The molecule has 0 aliphatic carbocycles. The number of hydrogen-bond acceptors (Lipinski definition) is 2. The second-order valence-corrected chi connectivity index (χ2v) is 2.40. The number of allylic oxidation sites excluding steroid dienone is 4. The van der Waals surface area contributed by atoms with E-state index in [2.05, 4.69) is 11.9 Å². The van der Waals surface area contributed by atoms with Gasteiger partial charge in [-0.1, -0.05) is 18.7 Å². The minimum Gasteiger partial charge on any atom is -0.372 e. The minimum atomic E-state index is 0.316. The van der Waals surface area contributed by atoms with E-state index < -0.39 is 0 Å². The van der Waals surface area contributed by atoms with Gasteiger partial charge in [-0.15, -0.1) is 0 Å². The van der Waals surface area contributed by atoms with Crippen LogP contribution in [0.5, 0.6) is 0 Å². The van der Waals surface area contributed by atoms with Crippen LogP contribution in [-0.2, 0) is 0 Å². The fraction of sp³-hybridized carbons (Fsp3) is 0.300. The molecule has 0 bridgehead atoms.